The Labute approximate surface area is 173 Å². The maximum atomic E-state index is 13.2. The Kier molecular flexibility index (Phi) is 6.12. The number of aryl methyl sites for hydroxylation is 4. The SMILES string of the molecule is Cc1cc(C)c(C(=O)Nc2ccc(C)c(S(=O)(=O)N3CCN(C)CC3)c2)cc1C. The molecule has 6 nitrogen and oxygen atoms in total. The van der Waals surface area contributed by atoms with E-state index in [2.05, 4.69) is 10.2 Å². The number of nitrogens with zero attached hydrogens (tertiary/aromatic N) is 2. The van der Waals surface area contributed by atoms with Crippen molar-refractivity contribution in [2.75, 3.05) is 38.5 Å². The highest BCUT2D eigenvalue weighted by molar-refractivity contribution is 7.89. The van der Waals surface area contributed by atoms with Gasteiger partial charge in [0, 0.05) is 37.4 Å². The Bertz CT molecular complexity index is 1040. The average molecular weight is 416 g/mol. The highest BCUT2D eigenvalue weighted by Gasteiger charge is 2.29. The molecular formula is C22H29N3O3S. The van der Waals surface area contributed by atoms with Gasteiger partial charge in [0.25, 0.3) is 5.91 Å². The molecular weight excluding hydrogens is 386 g/mol. The van der Waals surface area contributed by atoms with Crippen molar-refractivity contribution in [3.05, 3.63) is 58.1 Å². The van der Waals surface area contributed by atoms with E-state index in [4.69, 9.17) is 0 Å². The number of rotatable bonds is 4. The first-order chi connectivity index (χ1) is 13.6. The van der Waals surface area contributed by atoms with E-state index in [0.717, 1.165) is 16.7 Å². The summed E-state index contributed by atoms with van der Waals surface area (Å²) in [7, 11) is -1.62. The molecule has 0 bridgehead atoms. The largest absolute Gasteiger partial charge is 0.322 e. The van der Waals surface area contributed by atoms with Gasteiger partial charge in [0.15, 0.2) is 0 Å². The van der Waals surface area contributed by atoms with Crippen molar-refractivity contribution in [2.45, 2.75) is 32.6 Å². The lowest BCUT2D eigenvalue weighted by atomic mass is 10.0. The second-order valence-corrected chi connectivity index (χ2v) is 9.80. The molecule has 156 valence electrons. The quantitative estimate of drug-likeness (QED) is 0.833. The van der Waals surface area contributed by atoms with Gasteiger partial charge in [-0.2, -0.15) is 4.31 Å². The zero-order valence-corrected chi connectivity index (χ0v) is 18.6. The van der Waals surface area contributed by atoms with E-state index in [1.54, 1.807) is 25.1 Å². The molecule has 0 spiro atoms. The first kappa shape index (κ1) is 21.5. The fourth-order valence-corrected chi connectivity index (χ4v) is 5.20. The third kappa shape index (κ3) is 4.52. The normalized spacial score (nSPS) is 16.0. The second kappa shape index (κ2) is 8.26. The highest BCUT2D eigenvalue weighted by atomic mass is 32.2. The predicted octanol–water partition coefficient (Wildman–Crippen LogP) is 3.11. The highest BCUT2D eigenvalue weighted by Crippen LogP contribution is 2.25. The number of sulfonamides is 1. The minimum Gasteiger partial charge on any atom is -0.322 e. The Morgan fingerprint density at radius 3 is 2.14 bits per heavy atom. The van der Waals surface area contributed by atoms with Crippen molar-refractivity contribution in [3.8, 4) is 0 Å². The molecule has 0 atom stereocenters. The minimum atomic E-state index is -3.60. The molecule has 7 heteroatoms. The first-order valence-corrected chi connectivity index (χ1v) is 11.2. The van der Waals surface area contributed by atoms with Gasteiger partial charge in [-0.25, -0.2) is 8.42 Å². The number of hydrogen-bond acceptors (Lipinski definition) is 4. The molecule has 29 heavy (non-hydrogen) atoms. The van der Waals surface area contributed by atoms with Crippen molar-refractivity contribution in [1.82, 2.24) is 9.21 Å². The van der Waals surface area contributed by atoms with E-state index >= 15 is 0 Å². The van der Waals surface area contributed by atoms with E-state index in [0.29, 0.717) is 43.0 Å². The van der Waals surface area contributed by atoms with Crippen LogP contribution in [0.3, 0.4) is 0 Å². The summed E-state index contributed by atoms with van der Waals surface area (Å²) in [4.78, 5) is 15.2. The predicted molar refractivity (Wildman–Crippen MR) is 116 cm³/mol. The molecule has 1 aliphatic heterocycles. The van der Waals surface area contributed by atoms with Crippen LogP contribution in [0, 0.1) is 27.7 Å². The summed E-state index contributed by atoms with van der Waals surface area (Å²) in [5.74, 6) is -0.239. The van der Waals surface area contributed by atoms with Crippen LogP contribution in [0.25, 0.3) is 0 Å². The van der Waals surface area contributed by atoms with Gasteiger partial charge in [0.05, 0.1) is 4.90 Å². The van der Waals surface area contributed by atoms with Crippen LogP contribution in [-0.2, 0) is 10.0 Å². The Morgan fingerprint density at radius 1 is 0.862 bits per heavy atom. The van der Waals surface area contributed by atoms with Gasteiger partial charge in [-0.3, -0.25) is 4.79 Å². The zero-order chi connectivity index (χ0) is 21.3. The van der Waals surface area contributed by atoms with Crippen molar-refractivity contribution >= 4 is 21.6 Å². The fraction of sp³-hybridized carbons (Fsp3) is 0.409. The van der Waals surface area contributed by atoms with Crippen LogP contribution >= 0.6 is 0 Å². The van der Waals surface area contributed by atoms with Gasteiger partial charge in [0.2, 0.25) is 10.0 Å². The smallest absolute Gasteiger partial charge is 0.255 e. The molecule has 0 aliphatic carbocycles. The number of benzene rings is 2. The molecule has 3 rings (SSSR count). The summed E-state index contributed by atoms with van der Waals surface area (Å²) < 4.78 is 27.8. The summed E-state index contributed by atoms with van der Waals surface area (Å²) in [5, 5.41) is 2.87. The first-order valence-electron chi connectivity index (χ1n) is 9.78. The number of likely N-dealkylation sites (N-methyl/N-ethyl adjacent to an activating group) is 1. The van der Waals surface area contributed by atoms with Gasteiger partial charge < -0.3 is 10.2 Å². The number of nitrogens with one attached hydrogen (secondary N) is 1. The third-order valence-corrected chi connectivity index (χ3v) is 7.65. The summed E-state index contributed by atoms with van der Waals surface area (Å²) >= 11 is 0. The number of carbonyl (C=O) groups is 1. The van der Waals surface area contributed by atoms with Crippen LogP contribution in [-0.4, -0.2) is 56.8 Å². The summed E-state index contributed by atoms with van der Waals surface area (Å²) in [5.41, 5.74) is 4.81. The maximum Gasteiger partial charge on any atom is 0.255 e. The van der Waals surface area contributed by atoms with Gasteiger partial charge >= 0.3 is 0 Å². The molecule has 2 aromatic rings. The lowest BCUT2D eigenvalue weighted by Crippen LogP contribution is -2.47. The lowest BCUT2D eigenvalue weighted by molar-refractivity contribution is 0.102. The summed E-state index contributed by atoms with van der Waals surface area (Å²) in [6.07, 6.45) is 0. The van der Waals surface area contributed by atoms with Crippen LogP contribution in [0.15, 0.2) is 35.2 Å². The fourth-order valence-electron chi connectivity index (χ4n) is 3.53. The van der Waals surface area contributed by atoms with Gasteiger partial charge in [0.1, 0.15) is 0 Å². The van der Waals surface area contributed by atoms with Crippen LogP contribution in [0.4, 0.5) is 5.69 Å². The number of amides is 1. The molecule has 0 unspecified atom stereocenters. The van der Waals surface area contributed by atoms with Crippen molar-refractivity contribution in [2.24, 2.45) is 0 Å². The second-order valence-electron chi connectivity index (χ2n) is 7.89. The van der Waals surface area contributed by atoms with E-state index in [-0.39, 0.29) is 10.8 Å². The molecule has 1 aliphatic rings. The number of hydrogen-bond donors (Lipinski definition) is 1. The molecule has 1 N–H and O–H groups in total. The summed E-state index contributed by atoms with van der Waals surface area (Å²) in [6, 6.07) is 8.91. The van der Waals surface area contributed by atoms with E-state index in [1.807, 2.05) is 40.0 Å². The average Bonchev–Trinajstić information content (AvgIpc) is 2.66. The van der Waals surface area contributed by atoms with Crippen molar-refractivity contribution in [1.29, 1.82) is 0 Å². The van der Waals surface area contributed by atoms with Crippen LogP contribution in [0.2, 0.25) is 0 Å². The molecule has 1 amide bonds. The standard InChI is InChI=1S/C22H29N3O3S/c1-15-6-7-19(23-22(26)20-13-17(3)16(2)12-18(20)4)14-21(15)29(27,28)25-10-8-24(5)9-11-25/h6-7,12-14H,8-11H2,1-5H3,(H,23,26). The van der Waals surface area contributed by atoms with Crippen LogP contribution in [0.5, 0.6) is 0 Å². The third-order valence-electron chi connectivity index (χ3n) is 5.61. The zero-order valence-electron chi connectivity index (χ0n) is 17.7. The van der Waals surface area contributed by atoms with Gasteiger partial charge in [-0.05, 0) is 75.2 Å². The minimum absolute atomic E-state index is 0.239. The molecule has 0 saturated carbocycles. The van der Waals surface area contributed by atoms with E-state index in [9.17, 15) is 13.2 Å². The van der Waals surface area contributed by atoms with E-state index < -0.39 is 10.0 Å². The summed E-state index contributed by atoms with van der Waals surface area (Å²) in [6.45, 7) is 10.0. The number of anilines is 1. The van der Waals surface area contributed by atoms with Gasteiger partial charge in [-0.15, -0.1) is 0 Å². The van der Waals surface area contributed by atoms with E-state index in [1.165, 1.54) is 4.31 Å². The van der Waals surface area contributed by atoms with Crippen molar-refractivity contribution in [3.63, 3.8) is 0 Å². The monoisotopic (exact) mass is 415 g/mol. The molecule has 1 fully saturated rings. The maximum absolute atomic E-state index is 13.2. The number of carbonyl (C=O) groups excluding carboxylic acids is 1. The Morgan fingerprint density at radius 2 is 1.48 bits per heavy atom. The molecule has 1 saturated heterocycles. The molecule has 2 aromatic carbocycles. The Hall–Kier alpha value is -2.22. The van der Waals surface area contributed by atoms with Gasteiger partial charge in [-0.1, -0.05) is 12.1 Å². The lowest BCUT2D eigenvalue weighted by Gasteiger charge is -2.32. The number of piperazine rings is 1. The van der Waals surface area contributed by atoms with Crippen molar-refractivity contribution < 1.29 is 13.2 Å². The molecule has 0 aromatic heterocycles. The molecule has 0 radical (unpaired) electrons. The molecule has 1 heterocycles. The topological polar surface area (TPSA) is 69.7 Å². The Balaban J connectivity index is 1.88. The van der Waals surface area contributed by atoms with Crippen LogP contribution in [0.1, 0.15) is 32.6 Å². The van der Waals surface area contributed by atoms with Crippen LogP contribution < -0.4 is 5.32 Å².